The SMILES string of the molecule is c1ccc(CN2CCN(c3cnnc4ccccc34)CC2)cc1. The van der Waals surface area contributed by atoms with Crippen molar-refractivity contribution in [1.82, 2.24) is 15.1 Å². The second kappa shape index (κ2) is 6.34. The Morgan fingerprint density at radius 2 is 1.57 bits per heavy atom. The number of nitrogens with zero attached hydrogens (tertiary/aromatic N) is 4. The minimum Gasteiger partial charge on any atom is -0.367 e. The molecule has 4 rings (SSSR count). The van der Waals surface area contributed by atoms with Gasteiger partial charge in [-0.05, 0) is 11.6 Å². The minimum absolute atomic E-state index is 0.969. The lowest BCUT2D eigenvalue weighted by Crippen LogP contribution is -2.46. The third-order valence-corrected chi connectivity index (χ3v) is 4.49. The van der Waals surface area contributed by atoms with E-state index < -0.39 is 0 Å². The molecule has 0 amide bonds. The zero-order valence-electron chi connectivity index (χ0n) is 13.1. The maximum atomic E-state index is 4.22. The van der Waals surface area contributed by atoms with E-state index in [0.717, 1.165) is 38.2 Å². The highest BCUT2D eigenvalue weighted by Gasteiger charge is 2.19. The quantitative estimate of drug-likeness (QED) is 0.745. The van der Waals surface area contributed by atoms with Crippen molar-refractivity contribution in [3.63, 3.8) is 0 Å². The summed E-state index contributed by atoms with van der Waals surface area (Å²) in [5.74, 6) is 0. The van der Waals surface area contributed by atoms with E-state index in [9.17, 15) is 0 Å². The number of anilines is 1. The molecule has 2 aromatic carbocycles. The number of hydrogen-bond acceptors (Lipinski definition) is 4. The number of benzene rings is 2. The van der Waals surface area contributed by atoms with Gasteiger partial charge in [0, 0.05) is 38.1 Å². The van der Waals surface area contributed by atoms with Crippen LogP contribution < -0.4 is 4.90 Å². The highest BCUT2D eigenvalue weighted by Crippen LogP contribution is 2.25. The van der Waals surface area contributed by atoms with E-state index in [1.807, 2.05) is 18.3 Å². The number of hydrogen-bond donors (Lipinski definition) is 0. The van der Waals surface area contributed by atoms with Crippen LogP contribution in [-0.4, -0.2) is 41.3 Å². The number of piperazine rings is 1. The van der Waals surface area contributed by atoms with Gasteiger partial charge in [0.05, 0.1) is 17.4 Å². The monoisotopic (exact) mass is 304 g/mol. The first-order chi connectivity index (χ1) is 11.4. The zero-order chi connectivity index (χ0) is 15.5. The predicted octanol–water partition coefficient (Wildman–Crippen LogP) is 2.95. The molecule has 0 saturated carbocycles. The van der Waals surface area contributed by atoms with Crippen LogP contribution in [0.2, 0.25) is 0 Å². The average Bonchev–Trinajstić information content (AvgIpc) is 2.63. The van der Waals surface area contributed by atoms with E-state index >= 15 is 0 Å². The van der Waals surface area contributed by atoms with E-state index in [0.29, 0.717) is 0 Å². The molecular formula is C19H20N4. The van der Waals surface area contributed by atoms with Gasteiger partial charge >= 0.3 is 0 Å². The van der Waals surface area contributed by atoms with Crippen LogP contribution in [0.4, 0.5) is 5.69 Å². The average molecular weight is 304 g/mol. The van der Waals surface area contributed by atoms with Crippen molar-refractivity contribution in [1.29, 1.82) is 0 Å². The second-order valence-corrected chi connectivity index (χ2v) is 6.00. The Morgan fingerprint density at radius 1 is 0.826 bits per heavy atom. The Hall–Kier alpha value is -2.46. The van der Waals surface area contributed by atoms with Gasteiger partial charge in [0.25, 0.3) is 0 Å². The fourth-order valence-electron chi connectivity index (χ4n) is 3.23. The van der Waals surface area contributed by atoms with Crippen molar-refractivity contribution in [2.45, 2.75) is 6.54 Å². The van der Waals surface area contributed by atoms with Gasteiger partial charge in [-0.1, -0.05) is 48.5 Å². The van der Waals surface area contributed by atoms with E-state index in [1.54, 1.807) is 0 Å². The summed E-state index contributed by atoms with van der Waals surface area (Å²) in [7, 11) is 0. The van der Waals surface area contributed by atoms with Gasteiger partial charge in [0.15, 0.2) is 0 Å². The van der Waals surface area contributed by atoms with Crippen LogP contribution in [0.3, 0.4) is 0 Å². The molecule has 0 bridgehead atoms. The molecule has 1 fully saturated rings. The van der Waals surface area contributed by atoms with Crippen LogP contribution in [0.25, 0.3) is 10.9 Å². The summed E-state index contributed by atoms with van der Waals surface area (Å²) >= 11 is 0. The largest absolute Gasteiger partial charge is 0.367 e. The maximum Gasteiger partial charge on any atom is 0.0950 e. The lowest BCUT2D eigenvalue weighted by Gasteiger charge is -2.36. The van der Waals surface area contributed by atoms with Crippen molar-refractivity contribution in [3.8, 4) is 0 Å². The fourth-order valence-corrected chi connectivity index (χ4v) is 3.23. The van der Waals surface area contributed by atoms with Gasteiger partial charge in [-0.15, -0.1) is 0 Å². The van der Waals surface area contributed by atoms with Gasteiger partial charge in [0.2, 0.25) is 0 Å². The topological polar surface area (TPSA) is 32.3 Å². The Morgan fingerprint density at radius 3 is 2.39 bits per heavy atom. The summed E-state index contributed by atoms with van der Waals surface area (Å²) in [6.45, 7) is 5.24. The summed E-state index contributed by atoms with van der Waals surface area (Å²) in [6, 6.07) is 18.9. The van der Waals surface area contributed by atoms with Gasteiger partial charge in [0.1, 0.15) is 0 Å². The van der Waals surface area contributed by atoms with Crippen molar-refractivity contribution in [2.75, 3.05) is 31.1 Å². The zero-order valence-corrected chi connectivity index (χ0v) is 13.1. The first-order valence-corrected chi connectivity index (χ1v) is 8.12. The summed E-state index contributed by atoms with van der Waals surface area (Å²) < 4.78 is 0. The van der Waals surface area contributed by atoms with Crippen LogP contribution in [-0.2, 0) is 6.54 Å². The van der Waals surface area contributed by atoms with E-state index in [-0.39, 0.29) is 0 Å². The van der Waals surface area contributed by atoms with Gasteiger partial charge in [-0.2, -0.15) is 10.2 Å². The summed E-state index contributed by atoms with van der Waals surface area (Å²) in [5, 5.41) is 9.58. The fraction of sp³-hybridized carbons (Fsp3) is 0.263. The molecule has 0 spiro atoms. The molecule has 1 aliphatic rings. The molecule has 4 nitrogen and oxygen atoms in total. The van der Waals surface area contributed by atoms with Crippen LogP contribution in [0.15, 0.2) is 60.8 Å². The third-order valence-electron chi connectivity index (χ3n) is 4.49. The number of rotatable bonds is 3. The molecular weight excluding hydrogens is 284 g/mol. The molecule has 0 aliphatic carbocycles. The molecule has 0 unspecified atom stereocenters. The Labute approximate surface area is 136 Å². The summed E-state index contributed by atoms with van der Waals surface area (Å²) in [5.41, 5.74) is 3.56. The number of fused-ring (bicyclic) bond motifs is 1. The predicted molar refractivity (Wildman–Crippen MR) is 93.5 cm³/mol. The third kappa shape index (κ3) is 3.03. The normalized spacial score (nSPS) is 15.9. The van der Waals surface area contributed by atoms with Gasteiger partial charge in [-0.25, -0.2) is 0 Å². The molecule has 1 saturated heterocycles. The molecule has 3 aromatic rings. The summed E-state index contributed by atoms with van der Waals surface area (Å²) in [6.07, 6.45) is 1.90. The molecule has 4 heteroatoms. The maximum absolute atomic E-state index is 4.22. The molecule has 23 heavy (non-hydrogen) atoms. The highest BCUT2D eigenvalue weighted by molar-refractivity contribution is 5.90. The van der Waals surface area contributed by atoms with E-state index in [1.165, 1.54) is 16.6 Å². The minimum atomic E-state index is 0.969. The lowest BCUT2D eigenvalue weighted by atomic mass is 10.1. The van der Waals surface area contributed by atoms with Crippen molar-refractivity contribution in [2.24, 2.45) is 0 Å². The van der Waals surface area contributed by atoms with Gasteiger partial charge < -0.3 is 4.90 Å². The summed E-state index contributed by atoms with van der Waals surface area (Å²) in [4.78, 5) is 4.95. The van der Waals surface area contributed by atoms with Gasteiger partial charge in [-0.3, -0.25) is 4.90 Å². The Kier molecular flexibility index (Phi) is 3.90. The molecule has 1 aromatic heterocycles. The lowest BCUT2D eigenvalue weighted by molar-refractivity contribution is 0.250. The first kappa shape index (κ1) is 14.2. The van der Waals surface area contributed by atoms with Crippen molar-refractivity contribution < 1.29 is 0 Å². The van der Waals surface area contributed by atoms with E-state index in [4.69, 9.17) is 0 Å². The molecule has 116 valence electrons. The Balaban J connectivity index is 1.47. The van der Waals surface area contributed by atoms with Crippen molar-refractivity contribution >= 4 is 16.6 Å². The molecule has 0 radical (unpaired) electrons. The van der Waals surface area contributed by atoms with Crippen LogP contribution in [0, 0.1) is 0 Å². The Bertz CT molecular complexity index is 774. The van der Waals surface area contributed by atoms with Crippen LogP contribution in [0.5, 0.6) is 0 Å². The molecule has 1 aliphatic heterocycles. The highest BCUT2D eigenvalue weighted by atomic mass is 15.3. The number of aromatic nitrogens is 2. The van der Waals surface area contributed by atoms with Crippen LogP contribution >= 0.6 is 0 Å². The van der Waals surface area contributed by atoms with Crippen LogP contribution in [0.1, 0.15) is 5.56 Å². The molecule has 2 heterocycles. The first-order valence-electron chi connectivity index (χ1n) is 8.12. The smallest absolute Gasteiger partial charge is 0.0950 e. The van der Waals surface area contributed by atoms with E-state index in [2.05, 4.69) is 62.5 Å². The molecule has 0 atom stereocenters. The standard InChI is InChI=1S/C19H20N4/c1-2-6-16(7-3-1)15-22-10-12-23(13-11-22)19-14-20-21-18-9-5-4-8-17(18)19/h1-9,14H,10-13,15H2. The molecule has 0 N–H and O–H groups in total. The second-order valence-electron chi connectivity index (χ2n) is 6.00. The van der Waals surface area contributed by atoms with Crippen molar-refractivity contribution in [3.05, 3.63) is 66.4 Å².